The van der Waals surface area contributed by atoms with Crippen molar-refractivity contribution in [2.24, 2.45) is 5.73 Å². The van der Waals surface area contributed by atoms with Crippen molar-refractivity contribution in [3.8, 4) is 0 Å². The van der Waals surface area contributed by atoms with Crippen LogP contribution in [-0.2, 0) is 12.6 Å². The van der Waals surface area contributed by atoms with Crippen LogP contribution in [0.2, 0.25) is 0 Å². The molecule has 1 unspecified atom stereocenters. The zero-order valence-corrected chi connectivity index (χ0v) is 10.1. The van der Waals surface area contributed by atoms with Crippen molar-refractivity contribution in [3.05, 3.63) is 65.5 Å². The number of benzene rings is 1. The molecule has 2 nitrogen and oxygen atoms in total. The highest BCUT2D eigenvalue weighted by atomic mass is 19.4. The molecule has 0 aliphatic heterocycles. The predicted molar refractivity (Wildman–Crippen MR) is 66.3 cm³/mol. The highest BCUT2D eigenvalue weighted by molar-refractivity contribution is 5.28. The molecule has 0 aliphatic carbocycles. The Labute approximate surface area is 109 Å². The molecule has 0 spiro atoms. The van der Waals surface area contributed by atoms with E-state index in [0.29, 0.717) is 12.0 Å². The summed E-state index contributed by atoms with van der Waals surface area (Å²) in [6.07, 6.45) is -0.743. The van der Waals surface area contributed by atoms with Gasteiger partial charge < -0.3 is 5.73 Å². The van der Waals surface area contributed by atoms with Gasteiger partial charge in [0.05, 0.1) is 5.56 Å². The topological polar surface area (TPSA) is 38.9 Å². The first-order valence-electron chi connectivity index (χ1n) is 5.78. The minimum Gasteiger partial charge on any atom is -0.324 e. The molecule has 0 amide bonds. The summed E-state index contributed by atoms with van der Waals surface area (Å²) in [6.45, 7) is 0. The lowest BCUT2D eigenvalue weighted by Gasteiger charge is -2.13. The van der Waals surface area contributed by atoms with E-state index in [1.54, 1.807) is 30.6 Å². The van der Waals surface area contributed by atoms with Crippen LogP contribution in [-0.4, -0.2) is 4.98 Å². The van der Waals surface area contributed by atoms with E-state index in [0.717, 1.165) is 17.7 Å². The molecule has 2 aromatic rings. The summed E-state index contributed by atoms with van der Waals surface area (Å²) in [7, 11) is 0. The van der Waals surface area contributed by atoms with Crippen molar-refractivity contribution in [2.75, 3.05) is 0 Å². The van der Waals surface area contributed by atoms with Gasteiger partial charge in [-0.1, -0.05) is 18.2 Å². The fraction of sp³-hybridized carbons (Fsp3) is 0.214. The second-order valence-electron chi connectivity index (χ2n) is 4.29. The largest absolute Gasteiger partial charge is 0.416 e. The molecule has 0 saturated carbocycles. The van der Waals surface area contributed by atoms with Crippen molar-refractivity contribution in [1.82, 2.24) is 4.98 Å². The van der Waals surface area contributed by atoms with Gasteiger partial charge in [0, 0.05) is 18.4 Å². The van der Waals surface area contributed by atoms with Crippen LogP contribution >= 0.6 is 0 Å². The quantitative estimate of drug-likeness (QED) is 0.925. The molecule has 0 saturated heterocycles. The number of alkyl halides is 3. The summed E-state index contributed by atoms with van der Waals surface area (Å²) < 4.78 is 37.8. The van der Waals surface area contributed by atoms with Crippen molar-refractivity contribution in [3.63, 3.8) is 0 Å². The van der Waals surface area contributed by atoms with Crippen molar-refractivity contribution in [1.29, 1.82) is 0 Å². The predicted octanol–water partition coefficient (Wildman–Crippen LogP) is 3.34. The van der Waals surface area contributed by atoms with Gasteiger partial charge in [-0.15, -0.1) is 0 Å². The molecule has 1 atom stereocenters. The number of hydrogen-bond donors (Lipinski definition) is 1. The average Bonchev–Trinajstić information content (AvgIpc) is 2.39. The Morgan fingerprint density at radius 2 is 1.79 bits per heavy atom. The van der Waals surface area contributed by atoms with E-state index in [1.165, 1.54) is 6.07 Å². The molecular weight excluding hydrogens is 253 g/mol. The molecule has 2 rings (SSSR count). The van der Waals surface area contributed by atoms with Crippen molar-refractivity contribution in [2.45, 2.75) is 18.6 Å². The standard InChI is InChI=1S/C14H13F3N2/c15-14(16,17)12-3-1-2-10(8-12)9-13(18)11-4-6-19-7-5-11/h1-8,13H,9,18H2. The lowest BCUT2D eigenvalue weighted by Crippen LogP contribution is -2.14. The maximum Gasteiger partial charge on any atom is 0.416 e. The summed E-state index contributed by atoms with van der Waals surface area (Å²) in [5.41, 5.74) is 6.75. The van der Waals surface area contributed by atoms with Crippen LogP contribution < -0.4 is 5.73 Å². The summed E-state index contributed by atoms with van der Waals surface area (Å²) >= 11 is 0. The third kappa shape index (κ3) is 3.54. The van der Waals surface area contributed by atoms with Gasteiger partial charge in [0.15, 0.2) is 0 Å². The van der Waals surface area contributed by atoms with E-state index in [9.17, 15) is 13.2 Å². The monoisotopic (exact) mass is 266 g/mol. The van der Waals surface area contributed by atoms with E-state index in [4.69, 9.17) is 5.73 Å². The summed E-state index contributed by atoms with van der Waals surface area (Å²) in [4.78, 5) is 3.88. The third-order valence-corrected chi connectivity index (χ3v) is 2.84. The van der Waals surface area contributed by atoms with Crippen LogP contribution in [0.15, 0.2) is 48.8 Å². The van der Waals surface area contributed by atoms with Gasteiger partial charge in [-0.2, -0.15) is 13.2 Å². The molecule has 19 heavy (non-hydrogen) atoms. The van der Waals surface area contributed by atoms with Crippen LogP contribution in [0.4, 0.5) is 13.2 Å². The van der Waals surface area contributed by atoms with Crippen molar-refractivity contribution < 1.29 is 13.2 Å². The summed E-state index contributed by atoms with van der Waals surface area (Å²) in [6, 6.07) is 8.43. The van der Waals surface area contributed by atoms with E-state index < -0.39 is 11.7 Å². The highest BCUT2D eigenvalue weighted by Gasteiger charge is 2.30. The first kappa shape index (κ1) is 13.5. The van der Waals surface area contributed by atoms with E-state index in [2.05, 4.69) is 4.98 Å². The first-order chi connectivity index (χ1) is 8.97. The van der Waals surface area contributed by atoms with Gasteiger partial charge in [0.25, 0.3) is 0 Å². The summed E-state index contributed by atoms with van der Waals surface area (Å²) in [5.74, 6) is 0. The Kier molecular flexibility index (Phi) is 3.85. The van der Waals surface area contributed by atoms with Crippen LogP contribution in [0.1, 0.15) is 22.7 Å². The van der Waals surface area contributed by atoms with Crippen LogP contribution in [0.25, 0.3) is 0 Å². The lowest BCUT2D eigenvalue weighted by molar-refractivity contribution is -0.137. The number of nitrogens with zero attached hydrogens (tertiary/aromatic N) is 1. The Morgan fingerprint density at radius 1 is 1.11 bits per heavy atom. The molecule has 100 valence electrons. The third-order valence-electron chi connectivity index (χ3n) is 2.84. The number of halogens is 3. The fourth-order valence-corrected chi connectivity index (χ4v) is 1.86. The normalized spacial score (nSPS) is 13.3. The molecule has 0 radical (unpaired) electrons. The van der Waals surface area contributed by atoms with E-state index in [1.807, 2.05) is 0 Å². The molecule has 1 heterocycles. The first-order valence-corrected chi connectivity index (χ1v) is 5.78. The van der Waals surface area contributed by atoms with Crippen LogP contribution in [0.3, 0.4) is 0 Å². The molecule has 5 heteroatoms. The van der Waals surface area contributed by atoms with Gasteiger partial charge in [-0.25, -0.2) is 0 Å². The minimum atomic E-state index is -4.32. The smallest absolute Gasteiger partial charge is 0.324 e. The van der Waals surface area contributed by atoms with E-state index >= 15 is 0 Å². The Hall–Kier alpha value is -1.88. The van der Waals surface area contributed by atoms with Crippen LogP contribution in [0, 0.1) is 0 Å². The molecule has 0 fully saturated rings. The van der Waals surface area contributed by atoms with Crippen molar-refractivity contribution >= 4 is 0 Å². The number of nitrogens with two attached hydrogens (primary N) is 1. The molecule has 1 aromatic heterocycles. The van der Waals surface area contributed by atoms with Gasteiger partial charge in [0.1, 0.15) is 0 Å². The number of hydrogen-bond acceptors (Lipinski definition) is 2. The Balaban J connectivity index is 2.16. The molecule has 1 aromatic carbocycles. The minimum absolute atomic E-state index is 0.341. The van der Waals surface area contributed by atoms with Gasteiger partial charge >= 0.3 is 6.18 Å². The Morgan fingerprint density at radius 3 is 2.42 bits per heavy atom. The van der Waals surface area contributed by atoms with Gasteiger partial charge in [-0.3, -0.25) is 4.98 Å². The second kappa shape index (κ2) is 5.40. The molecule has 2 N–H and O–H groups in total. The SMILES string of the molecule is NC(Cc1cccc(C(F)(F)F)c1)c1ccncc1. The second-order valence-corrected chi connectivity index (χ2v) is 4.29. The fourth-order valence-electron chi connectivity index (χ4n) is 1.86. The maximum absolute atomic E-state index is 12.6. The number of rotatable bonds is 3. The Bertz CT molecular complexity index is 538. The van der Waals surface area contributed by atoms with Gasteiger partial charge in [-0.05, 0) is 35.7 Å². The zero-order valence-electron chi connectivity index (χ0n) is 10.1. The number of aromatic nitrogens is 1. The summed E-state index contributed by atoms with van der Waals surface area (Å²) in [5, 5.41) is 0. The molecular formula is C14H13F3N2. The maximum atomic E-state index is 12.6. The van der Waals surface area contributed by atoms with Gasteiger partial charge in [0.2, 0.25) is 0 Å². The lowest BCUT2D eigenvalue weighted by atomic mass is 9.99. The van der Waals surface area contributed by atoms with Crippen LogP contribution in [0.5, 0.6) is 0 Å². The molecule has 0 bridgehead atoms. The zero-order chi connectivity index (χ0) is 13.9. The molecule has 0 aliphatic rings. The number of pyridine rings is 1. The highest BCUT2D eigenvalue weighted by Crippen LogP contribution is 2.30. The van der Waals surface area contributed by atoms with E-state index in [-0.39, 0.29) is 6.04 Å². The average molecular weight is 266 g/mol.